The van der Waals surface area contributed by atoms with E-state index in [-0.39, 0.29) is 0 Å². The van der Waals surface area contributed by atoms with Crippen LogP contribution in [-0.4, -0.2) is 52.6 Å². The lowest BCUT2D eigenvalue weighted by molar-refractivity contribution is 0.275. The quantitative estimate of drug-likeness (QED) is 0.878. The molecule has 4 rings (SSSR count). The zero-order chi connectivity index (χ0) is 16.0. The fourth-order valence-electron chi connectivity index (χ4n) is 4.61. The molecule has 0 unspecified atom stereocenters. The number of fused-ring (bicyclic) bond motifs is 2. The highest BCUT2D eigenvalue weighted by Crippen LogP contribution is 2.50. The molecule has 6 nitrogen and oxygen atoms in total. The third-order valence-electron chi connectivity index (χ3n) is 5.82. The Hall–Kier alpha value is -2.13. The van der Waals surface area contributed by atoms with Crippen molar-refractivity contribution >= 4 is 16.9 Å². The fourth-order valence-corrected chi connectivity index (χ4v) is 4.61. The van der Waals surface area contributed by atoms with E-state index >= 15 is 0 Å². The Bertz CT molecular complexity index is 762. The SMILES string of the molecule is CN(c1ncnc2[nH]ccc12)[C@@H]1C[C@@H]2CN(CC#N)C[C@]2(C)C1. The number of aromatic amines is 1. The van der Waals surface area contributed by atoms with Crippen LogP contribution >= 0.6 is 0 Å². The molecule has 2 aromatic heterocycles. The van der Waals surface area contributed by atoms with E-state index in [9.17, 15) is 0 Å². The van der Waals surface area contributed by atoms with Gasteiger partial charge in [0.1, 0.15) is 17.8 Å². The molecular weight excluding hydrogens is 288 g/mol. The molecule has 1 saturated carbocycles. The van der Waals surface area contributed by atoms with Crippen molar-refractivity contribution in [1.82, 2.24) is 19.9 Å². The summed E-state index contributed by atoms with van der Waals surface area (Å²) in [5.74, 6) is 1.69. The molecular formula is C17H22N6. The first-order chi connectivity index (χ1) is 11.1. The summed E-state index contributed by atoms with van der Waals surface area (Å²) in [5, 5.41) is 10.0. The first-order valence-corrected chi connectivity index (χ1v) is 8.21. The van der Waals surface area contributed by atoms with Gasteiger partial charge >= 0.3 is 0 Å². The number of aromatic nitrogens is 3. The monoisotopic (exact) mass is 310 g/mol. The van der Waals surface area contributed by atoms with E-state index in [1.807, 2.05) is 12.3 Å². The molecule has 6 heteroatoms. The predicted octanol–water partition coefficient (Wildman–Crippen LogP) is 2.02. The van der Waals surface area contributed by atoms with Crippen LogP contribution < -0.4 is 4.90 Å². The van der Waals surface area contributed by atoms with Crippen LogP contribution in [0.2, 0.25) is 0 Å². The van der Waals surface area contributed by atoms with E-state index in [2.05, 4.69) is 44.8 Å². The highest BCUT2D eigenvalue weighted by atomic mass is 15.2. The van der Waals surface area contributed by atoms with Crippen molar-refractivity contribution in [1.29, 1.82) is 5.26 Å². The molecule has 2 aromatic rings. The number of likely N-dealkylation sites (tertiary alicyclic amines) is 1. The Morgan fingerprint density at radius 2 is 2.39 bits per heavy atom. The van der Waals surface area contributed by atoms with Gasteiger partial charge in [-0.2, -0.15) is 5.26 Å². The third kappa shape index (κ3) is 2.27. The lowest BCUT2D eigenvalue weighted by atomic mass is 9.83. The number of hydrogen-bond donors (Lipinski definition) is 1. The summed E-state index contributed by atoms with van der Waals surface area (Å²) in [6.45, 7) is 5.04. The molecule has 1 saturated heterocycles. The maximum absolute atomic E-state index is 8.93. The van der Waals surface area contributed by atoms with Crippen LogP contribution in [0.5, 0.6) is 0 Å². The van der Waals surface area contributed by atoms with Crippen molar-refractivity contribution in [2.24, 2.45) is 11.3 Å². The predicted molar refractivity (Wildman–Crippen MR) is 89.0 cm³/mol. The molecule has 23 heavy (non-hydrogen) atoms. The van der Waals surface area contributed by atoms with Crippen LogP contribution in [0.4, 0.5) is 5.82 Å². The number of rotatable bonds is 3. The summed E-state index contributed by atoms with van der Waals surface area (Å²) in [6.07, 6.45) is 5.88. The summed E-state index contributed by atoms with van der Waals surface area (Å²) in [6, 6.07) is 4.84. The normalized spacial score (nSPS) is 30.5. The van der Waals surface area contributed by atoms with Gasteiger partial charge in [0.25, 0.3) is 0 Å². The van der Waals surface area contributed by atoms with E-state index < -0.39 is 0 Å². The lowest BCUT2D eigenvalue weighted by Gasteiger charge is -2.29. The molecule has 0 spiro atoms. The molecule has 1 aliphatic heterocycles. The van der Waals surface area contributed by atoms with E-state index in [0.717, 1.165) is 36.4 Å². The maximum atomic E-state index is 8.93. The maximum Gasteiger partial charge on any atom is 0.142 e. The largest absolute Gasteiger partial charge is 0.356 e. The smallest absolute Gasteiger partial charge is 0.142 e. The minimum atomic E-state index is 0.320. The summed E-state index contributed by atoms with van der Waals surface area (Å²) >= 11 is 0. The van der Waals surface area contributed by atoms with Crippen LogP contribution in [0.15, 0.2) is 18.6 Å². The number of nitriles is 1. The Kier molecular flexibility index (Phi) is 3.27. The second-order valence-electron chi connectivity index (χ2n) is 7.32. The molecule has 3 atom stereocenters. The summed E-state index contributed by atoms with van der Waals surface area (Å²) < 4.78 is 0. The first-order valence-electron chi connectivity index (χ1n) is 8.21. The van der Waals surface area contributed by atoms with E-state index in [0.29, 0.717) is 23.9 Å². The van der Waals surface area contributed by atoms with Gasteiger partial charge < -0.3 is 9.88 Å². The van der Waals surface area contributed by atoms with Gasteiger partial charge in [-0.05, 0) is 30.2 Å². The summed E-state index contributed by atoms with van der Waals surface area (Å²) in [4.78, 5) is 16.6. The van der Waals surface area contributed by atoms with E-state index in [1.54, 1.807) is 6.33 Å². The molecule has 1 N–H and O–H groups in total. The van der Waals surface area contributed by atoms with Crippen LogP contribution in [0.1, 0.15) is 19.8 Å². The highest BCUT2D eigenvalue weighted by molar-refractivity contribution is 5.87. The highest BCUT2D eigenvalue weighted by Gasteiger charge is 2.50. The minimum absolute atomic E-state index is 0.320. The number of anilines is 1. The van der Waals surface area contributed by atoms with Crippen molar-refractivity contribution in [2.45, 2.75) is 25.8 Å². The summed E-state index contributed by atoms with van der Waals surface area (Å²) in [5.41, 5.74) is 1.21. The Morgan fingerprint density at radius 1 is 1.52 bits per heavy atom. The van der Waals surface area contributed by atoms with Gasteiger partial charge in [0.05, 0.1) is 18.0 Å². The Morgan fingerprint density at radius 3 is 3.17 bits per heavy atom. The van der Waals surface area contributed by atoms with Gasteiger partial charge in [0.15, 0.2) is 0 Å². The number of H-pyrrole nitrogens is 1. The molecule has 0 aromatic carbocycles. The van der Waals surface area contributed by atoms with Crippen molar-refractivity contribution in [3.05, 3.63) is 18.6 Å². The molecule has 2 fully saturated rings. The number of nitrogens with one attached hydrogen (secondary N) is 1. The topological polar surface area (TPSA) is 71.8 Å². The molecule has 0 radical (unpaired) electrons. The van der Waals surface area contributed by atoms with Gasteiger partial charge in [0, 0.05) is 32.4 Å². The fraction of sp³-hybridized carbons (Fsp3) is 0.588. The molecule has 120 valence electrons. The van der Waals surface area contributed by atoms with Crippen molar-refractivity contribution < 1.29 is 0 Å². The van der Waals surface area contributed by atoms with Crippen molar-refractivity contribution in [3.63, 3.8) is 0 Å². The zero-order valence-corrected chi connectivity index (χ0v) is 13.7. The lowest BCUT2D eigenvalue weighted by Crippen LogP contribution is -2.34. The first kappa shape index (κ1) is 14.5. The van der Waals surface area contributed by atoms with Gasteiger partial charge in [-0.1, -0.05) is 6.92 Å². The minimum Gasteiger partial charge on any atom is -0.356 e. The average molecular weight is 310 g/mol. The van der Waals surface area contributed by atoms with E-state index in [1.165, 1.54) is 6.42 Å². The van der Waals surface area contributed by atoms with Crippen molar-refractivity contribution in [2.75, 3.05) is 31.6 Å². The number of nitrogens with zero attached hydrogens (tertiary/aromatic N) is 5. The molecule has 1 aliphatic carbocycles. The van der Waals surface area contributed by atoms with Gasteiger partial charge in [-0.25, -0.2) is 9.97 Å². The molecule has 2 aliphatic rings. The molecule has 0 amide bonds. The number of hydrogen-bond acceptors (Lipinski definition) is 5. The second kappa shape index (κ2) is 5.20. The molecule has 0 bridgehead atoms. The van der Waals surface area contributed by atoms with Gasteiger partial charge in [-0.15, -0.1) is 0 Å². The third-order valence-corrected chi connectivity index (χ3v) is 5.82. The standard InChI is InChI=1S/C17H22N6/c1-17-8-13(7-12(17)9-23(10-17)6-4-18)22(2)16-14-3-5-19-15(14)20-11-21-16/h3,5,11-13H,6-10H2,1-2H3,(H,19,20,21)/t12-,13-,17+/m1/s1. The Labute approximate surface area is 136 Å². The summed E-state index contributed by atoms with van der Waals surface area (Å²) in [7, 11) is 2.15. The Balaban J connectivity index is 1.55. The average Bonchev–Trinajstić information content (AvgIpc) is 3.18. The van der Waals surface area contributed by atoms with E-state index in [4.69, 9.17) is 5.26 Å². The van der Waals surface area contributed by atoms with Crippen molar-refractivity contribution in [3.8, 4) is 6.07 Å². The van der Waals surface area contributed by atoms with Crippen LogP contribution in [0.3, 0.4) is 0 Å². The second-order valence-corrected chi connectivity index (χ2v) is 7.32. The van der Waals surface area contributed by atoms with Crippen LogP contribution in [-0.2, 0) is 0 Å². The zero-order valence-electron chi connectivity index (χ0n) is 13.7. The van der Waals surface area contributed by atoms with Gasteiger partial charge in [0.2, 0.25) is 0 Å². The molecule has 3 heterocycles. The van der Waals surface area contributed by atoms with Crippen LogP contribution in [0.25, 0.3) is 11.0 Å². The van der Waals surface area contributed by atoms with Crippen LogP contribution in [0, 0.1) is 22.7 Å². The van der Waals surface area contributed by atoms with Gasteiger partial charge in [-0.3, -0.25) is 4.90 Å².